The Hall–Kier alpha value is -2.01. The first kappa shape index (κ1) is 13.9. The lowest BCUT2D eigenvalue weighted by atomic mass is 10.1. The van der Waals surface area contributed by atoms with Gasteiger partial charge in [0.05, 0.1) is 11.0 Å². The molecular weight excluding hydrogens is 340 g/mol. The van der Waals surface area contributed by atoms with E-state index in [0.29, 0.717) is 5.56 Å². The number of fused-ring (bicyclic) bond motifs is 1. The molecule has 0 saturated carbocycles. The third kappa shape index (κ3) is 2.49. The summed E-state index contributed by atoms with van der Waals surface area (Å²) < 4.78 is 29.8. The van der Waals surface area contributed by atoms with Crippen molar-refractivity contribution in [1.29, 1.82) is 0 Å². The van der Waals surface area contributed by atoms with E-state index < -0.39 is 11.6 Å². The van der Waals surface area contributed by atoms with E-state index >= 15 is 0 Å². The van der Waals surface area contributed by atoms with Crippen molar-refractivity contribution in [3.63, 3.8) is 0 Å². The molecule has 0 N–H and O–H groups in total. The van der Waals surface area contributed by atoms with E-state index in [4.69, 9.17) is 0 Å². The summed E-state index contributed by atoms with van der Waals surface area (Å²) in [6.45, 7) is 0.0844. The van der Waals surface area contributed by atoms with Crippen LogP contribution in [-0.4, -0.2) is 10.9 Å². The van der Waals surface area contributed by atoms with Crippen molar-refractivity contribution in [2.75, 3.05) is 0 Å². The molecule has 2 nitrogen and oxygen atoms in total. The molecule has 5 heteroatoms. The first-order chi connectivity index (χ1) is 10.1. The number of aromatic nitrogens is 1. The van der Waals surface area contributed by atoms with Gasteiger partial charge in [0.15, 0.2) is 0 Å². The van der Waals surface area contributed by atoms with Crippen LogP contribution in [0.15, 0.2) is 47.1 Å². The molecule has 0 atom stereocenters. The lowest BCUT2D eigenvalue weighted by Crippen LogP contribution is -2.04. The normalized spacial score (nSPS) is 11.0. The Morgan fingerprint density at radius 3 is 2.71 bits per heavy atom. The Kier molecular flexibility index (Phi) is 3.59. The van der Waals surface area contributed by atoms with E-state index in [1.165, 1.54) is 12.1 Å². The number of hydrogen-bond donors (Lipinski definition) is 0. The molecule has 0 unspecified atom stereocenters. The molecule has 0 radical (unpaired) electrons. The smallest absolute Gasteiger partial charge is 0.150 e. The monoisotopic (exact) mass is 349 g/mol. The predicted molar refractivity (Wildman–Crippen MR) is 80.5 cm³/mol. The van der Waals surface area contributed by atoms with Crippen LogP contribution in [0.4, 0.5) is 8.78 Å². The van der Waals surface area contributed by atoms with Gasteiger partial charge in [0.1, 0.15) is 17.9 Å². The molecule has 0 saturated heterocycles. The van der Waals surface area contributed by atoms with Crippen LogP contribution in [-0.2, 0) is 6.54 Å². The van der Waals surface area contributed by atoms with E-state index in [1.54, 1.807) is 29.0 Å². The second-order valence-electron chi connectivity index (χ2n) is 4.70. The van der Waals surface area contributed by atoms with Gasteiger partial charge in [0.2, 0.25) is 0 Å². The minimum Gasteiger partial charge on any atom is -0.343 e. The topological polar surface area (TPSA) is 22.0 Å². The second kappa shape index (κ2) is 5.41. The predicted octanol–water partition coefficient (Wildman–Crippen LogP) is 4.54. The largest absolute Gasteiger partial charge is 0.343 e. The van der Waals surface area contributed by atoms with Crippen LogP contribution in [0.3, 0.4) is 0 Å². The maximum atomic E-state index is 14.0. The number of rotatable bonds is 3. The highest BCUT2D eigenvalue weighted by atomic mass is 79.9. The molecule has 0 spiro atoms. The van der Waals surface area contributed by atoms with Crippen molar-refractivity contribution in [2.45, 2.75) is 6.54 Å². The standard InChI is InChI=1S/C16H10BrF2NO/c17-13-2-3-14(18)12(16(13)19)8-20-6-5-11-7-10(9-21)1-4-15(11)20/h1-7,9H,8H2. The van der Waals surface area contributed by atoms with Crippen LogP contribution >= 0.6 is 15.9 Å². The van der Waals surface area contributed by atoms with E-state index in [1.807, 2.05) is 6.07 Å². The molecular formula is C16H10BrF2NO. The number of aldehydes is 1. The zero-order valence-corrected chi connectivity index (χ0v) is 12.4. The van der Waals surface area contributed by atoms with Crippen molar-refractivity contribution in [1.82, 2.24) is 4.57 Å². The summed E-state index contributed by atoms with van der Waals surface area (Å²) in [5.74, 6) is -1.18. The number of carbonyl (C=O) groups is 1. The van der Waals surface area contributed by atoms with E-state index in [-0.39, 0.29) is 16.6 Å². The summed E-state index contributed by atoms with van der Waals surface area (Å²) >= 11 is 3.06. The highest BCUT2D eigenvalue weighted by molar-refractivity contribution is 9.10. The molecule has 0 aliphatic rings. The minimum atomic E-state index is -0.596. The zero-order chi connectivity index (χ0) is 15.0. The van der Waals surface area contributed by atoms with Crippen molar-refractivity contribution in [2.24, 2.45) is 0 Å². The molecule has 0 bridgehead atoms. The number of nitrogens with zero attached hydrogens (tertiary/aromatic N) is 1. The average Bonchev–Trinajstić information content (AvgIpc) is 2.89. The average molecular weight is 350 g/mol. The van der Waals surface area contributed by atoms with Gasteiger partial charge in [-0.2, -0.15) is 0 Å². The number of halogens is 3. The summed E-state index contributed by atoms with van der Waals surface area (Å²) in [6.07, 6.45) is 2.52. The molecule has 2 aromatic carbocycles. The van der Waals surface area contributed by atoms with Crippen LogP contribution in [0, 0.1) is 11.6 Å². The van der Waals surface area contributed by atoms with E-state index in [9.17, 15) is 13.6 Å². The van der Waals surface area contributed by atoms with Crippen LogP contribution in [0.5, 0.6) is 0 Å². The Morgan fingerprint density at radius 2 is 1.95 bits per heavy atom. The zero-order valence-electron chi connectivity index (χ0n) is 10.8. The number of carbonyl (C=O) groups excluding carboxylic acids is 1. The van der Waals surface area contributed by atoms with Gasteiger partial charge < -0.3 is 4.57 Å². The van der Waals surface area contributed by atoms with Crippen LogP contribution < -0.4 is 0 Å². The first-order valence-electron chi connectivity index (χ1n) is 6.26. The maximum absolute atomic E-state index is 14.0. The molecule has 0 aliphatic carbocycles. The molecule has 0 fully saturated rings. The lowest BCUT2D eigenvalue weighted by molar-refractivity contribution is 0.112. The SMILES string of the molecule is O=Cc1ccc2c(ccn2Cc2c(F)ccc(Br)c2F)c1. The summed E-state index contributed by atoms with van der Waals surface area (Å²) in [7, 11) is 0. The van der Waals surface area contributed by atoms with Crippen molar-refractivity contribution in [3.05, 3.63) is 69.8 Å². The van der Waals surface area contributed by atoms with Gasteiger partial charge in [-0.15, -0.1) is 0 Å². The van der Waals surface area contributed by atoms with Gasteiger partial charge in [0.25, 0.3) is 0 Å². The Morgan fingerprint density at radius 1 is 1.14 bits per heavy atom. The molecule has 3 rings (SSSR count). The summed E-state index contributed by atoms with van der Waals surface area (Å²) in [5, 5.41) is 0.857. The fourth-order valence-electron chi connectivity index (χ4n) is 2.31. The molecule has 21 heavy (non-hydrogen) atoms. The van der Waals surface area contributed by atoms with E-state index in [2.05, 4.69) is 15.9 Å². The molecule has 1 heterocycles. The summed E-state index contributed by atoms with van der Waals surface area (Å²) in [5.41, 5.74) is 1.39. The van der Waals surface area contributed by atoms with Gasteiger partial charge in [-0.1, -0.05) is 0 Å². The van der Waals surface area contributed by atoms with Gasteiger partial charge in [-0.05, 0) is 52.3 Å². The number of hydrogen-bond acceptors (Lipinski definition) is 1. The fraction of sp³-hybridized carbons (Fsp3) is 0.0625. The van der Waals surface area contributed by atoms with Crippen molar-refractivity contribution >= 4 is 33.1 Å². The van der Waals surface area contributed by atoms with Gasteiger partial charge in [-0.25, -0.2) is 8.78 Å². The quantitative estimate of drug-likeness (QED) is 0.502. The van der Waals surface area contributed by atoms with Crippen LogP contribution in [0.1, 0.15) is 15.9 Å². The second-order valence-corrected chi connectivity index (χ2v) is 5.56. The van der Waals surface area contributed by atoms with Gasteiger partial charge in [0, 0.05) is 28.2 Å². The molecule has 0 amide bonds. The van der Waals surface area contributed by atoms with Gasteiger partial charge in [-0.3, -0.25) is 4.79 Å². The Balaban J connectivity index is 2.07. The third-order valence-electron chi connectivity index (χ3n) is 3.40. The first-order valence-corrected chi connectivity index (χ1v) is 7.06. The van der Waals surface area contributed by atoms with Crippen molar-refractivity contribution in [3.8, 4) is 0 Å². The Labute approximate surface area is 128 Å². The highest BCUT2D eigenvalue weighted by Crippen LogP contribution is 2.24. The summed E-state index contributed by atoms with van der Waals surface area (Å²) in [6, 6.07) is 9.59. The van der Waals surface area contributed by atoms with Crippen molar-refractivity contribution < 1.29 is 13.6 Å². The molecule has 106 valence electrons. The minimum absolute atomic E-state index is 0.00124. The third-order valence-corrected chi connectivity index (χ3v) is 4.01. The Bertz CT molecular complexity index is 842. The molecule has 1 aromatic heterocycles. The highest BCUT2D eigenvalue weighted by Gasteiger charge is 2.13. The van der Waals surface area contributed by atoms with Gasteiger partial charge >= 0.3 is 0 Å². The maximum Gasteiger partial charge on any atom is 0.150 e. The molecule has 0 aliphatic heterocycles. The summed E-state index contributed by atoms with van der Waals surface area (Å²) in [4.78, 5) is 10.8. The van der Waals surface area contributed by atoms with Crippen LogP contribution in [0.25, 0.3) is 10.9 Å². The molecule has 3 aromatic rings. The van der Waals surface area contributed by atoms with Crippen LogP contribution in [0.2, 0.25) is 0 Å². The fourth-order valence-corrected chi connectivity index (χ4v) is 2.69. The van der Waals surface area contributed by atoms with E-state index in [0.717, 1.165) is 17.2 Å². The lowest BCUT2D eigenvalue weighted by Gasteiger charge is -2.09. The number of benzene rings is 2.